The van der Waals surface area contributed by atoms with Gasteiger partial charge in [0.25, 0.3) is 0 Å². The van der Waals surface area contributed by atoms with E-state index in [9.17, 15) is 18.0 Å². The molecule has 0 aliphatic heterocycles. The number of carbonyl (C=O) groups excluding carboxylic acids is 2. The molecule has 42 heavy (non-hydrogen) atoms. The zero-order valence-corrected chi connectivity index (χ0v) is 25.5. The van der Waals surface area contributed by atoms with Gasteiger partial charge >= 0.3 is 0 Å². The van der Waals surface area contributed by atoms with Crippen LogP contribution in [0.5, 0.6) is 0 Å². The Kier molecular flexibility index (Phi) is 10.0. The Morgan fingerprint density at radius 1 is 0.810 bits per heavy atom. The van der Waals surface area contributed by atoms with Crippen LogP contribution >= 0.6 is 0 Å². The molecule has 1 unspecified atom stereocenters. The minimum absolute atomic E-state index is 0.152. The van der Waals surface area contributed by atoms with E-state index in [1.807, 2.05) is 106 Å². The average Bonchev–Trinajstić information content (AvgIpc) is 2.97. The van der Waals surface area contributed by atoms with Crippen LogP contribution in [-0.2, 0) is 32.6 Å². The van der Waals surface area contributed by atoms with E-state index < -0.39 is 28.5 Å². The summed E-state index contributed by atoms with van der Waals surface area (Å²) in [5.41, 5.74) is 3.24. The fourth-order valence-corrected chi connectivity index (χ4v) is 5.75. The molecule has 0 aliphatic rings. The lowest BCUT2D eigenvalue weighted by Crippen LogP contribution is -2.53. The van der Waals surface area contributed by atoms with Crippen molar-refractivity contribution < 1.29 is 18.0 Å². The number of anilines is 1. The standard InChI is InChI=1S/C34H39N3O4S/c1-25(2)22-35-34(39)32(21-27-11-6-5-7-12-27)36(23-28-19-17-26(3)18-20-28)33(38)24-37(42(4,40)41)31-16-10-14-29-13-8-9-15-30(29)31/h5-20,25,32H,21-24H2,1-4H3,(H,35,39). The van der Waals surface area contributed by atoms with Crippen molar-refractivity contribution in [2.75, 3.05) is 23.7 Å². The highest BCUT2D eigenvalue weighted by atomic mass is 32.2. The number of benzene rings is 4. The molecule has 2 amide bonds. The molecule has 0 fully saturated rings. The molecule has 1 N–H and O–H groups in total. The van der Waals surface area contributed by atoms with Crippen molar-refractivity contribution in [3.05, 3.63) is 114 Å². The SMILES string of the molecule is Cc1ccc(CN(C(=O)CN(c2cccc3ccccc23)S(C)(=O)=O)C(Cc2ccccc2)C(=O)NCC(C)C)cc1. The number of rotatable bonds is 12. The highest BCUT2D eigenvalue weighted by Gasteiger charge is 2.33. The number of aryl methyl sites for hydroxylation is 1. The zero-order chi connectivity index (χ0) is 30.3. The van der Waals surface area contributed by atoms with E-state index in [1.165, 1.54) is 4.90 Å². The molecule has 4 rings (SSSR count). The van der Waals surface area contributed by atoms with Gasteiger partial charge in [-0.1, -0.05) is 110 Å². The molecule has 0 spiro atoms. The summed E-state index contributed by atoms with van der Waals surface area (Å²) in [6.45, 7) is 6.17. The van der Waals surface area contributed by atoms with E-state index >= 15 is 0 Å². The molecular formula is C34H39N3O4S. The fourth-order valence-electron chi connectivity index (χ4n) is 4.89. The highest BCUT2D eigenvalue weighted by molar-refractivity contribution is 7.92. The topological polar surface area (TPSA) is 86.8 Å². The summed E-state index contributed by atoms with van der Waals surface area (Å²) in [5.74, 6) is -0.515. The van der Waals surface area contributed by atoms with Gasteiger partial charge in [0, 0.05) is 24.9 Å². The van der Waals surface area contributed by atoms with Crippen LogP contribution in [0.3, 0.4) is 0 Å². The van der Waals surface area contributed by atoms with Gasteiger partial charge in [-0.25, -0.2) is 8.42 Å². The summed E-state index contributed by atoms with van der Waals surface area (Å²) in [5, 5.41) is 4.59. The summed E-state index contributed by atoms with van der Waals surface area (Å²) in [4.78, 5) is 29.6. The summed E-state index contributed by atoms with van der Waals surface area (Å²) < 4.78 is 27.5. The summed E-state index contributed by atoms with van der Waals surface area (Å²) in [7, 11) is -3.86. The summed E-state index contributed by atoms with van der Waals surface area (Å²) in [6.07, 6.45) is 1.39. The molecule has 4 aromatic rings. The minimum Gasteiger partial charge on any atom is -0.354 e. The highest BCUT2D eigenvalue weighted by Crippen LogP contribution is 2.29. The molecule has 220 valence electrons. The Bertz CT molecular complexity index is 1610. The van der Waals surface area contributed by atoms with E-state index in [-0.39, 0.29) is 24.8 Å². The van der Waals surface area contributed by atoms with Crippen LogP contribution in [0, 0.1) is 12.8 Å². The van der Waals surface area contributed by atoms with Crippen molar-refractivity contribution >= 4 is 38.3 Å². The minimum atomic E-state index is -3.86. The zero-order valence-electron chi connectivity index (χ0n) is 24.7. The molecule has 0 aliphatic carbocycles. The van der Waals surface area contributed by atoms with Gasteiger partial charge < -0.3 is 10.2 Å². The second kappa shape index (κ2) is 13.7. The first-order valence-corrected chi connectivity index (χ1v) is 16.0. The lowest BCUT2D eigenvalue weighted by molar-refractivity contribution is -0.140. The molecule has 0 bridgehead atoms. The van der Waals surface area contributed by atoms with Gasteiger partial charge in [0.05, 0.1) is 11.9 Å². The largest absolute Gasteiger partial charge is 0.354 e. The van der Waals surface area contributed by atoms with E-state index in [0.717, 1.165) is 38.0 Å². The average molecular weight is 586 g/mol. The van der Waals surface area contributed by atoms with E-state index in [0.29, 0.717) is 12.2 Å². The van der Waals surface area contributed by atoms with E-state index in [1.54, 1.807) is 12.1 Å². The first-order chi connectivity index (χ1) is 20.0. The second-order valence-corrected chi connectivity index (χ2v) is 13.0. The van der Waals surface area contributed by atoms with E-state index in [2.05, 4.69) is 5.32 Å². The molecular weight excluding hydrogens is 546 g/mol. The molecule has 7 nitrogen and oxygen atoms in total. The maximum Gasteiger partial charge on any atom is 0.244 e. The van der Waals surface area contributed by atoms with E-state index in [4.69, 9.17) is 0 Å². The van der Waals surface area contributed by atoms with Crippen LogP contribution < -0.4 is 9.62 Å². The van der Waals surface area contributed by atoms with Crippen LogP contribution in [0.15, 0.2) is 97.1 Å². The molecule has 0 saturated heterocycles. The van der Waals surface area contributed by atoms with Crippen LogP contribution in [0.25, 0.3) is 10.8 Å². The van der Waals surface area contributed by atoms with Crippen LogP contribution in [0.2, 0.25) is 0 Å². The quantitative estimate of drug-likeness (QED) is 0.244. The number of sulfonamides is 1. The third-order valence-corrected chi connectivity index (χ3v) is 8.27. The third kappa shape index (κ3) is 7.97. The normalized spacial score (nSPS) is 12.2. The van der Waals surface area contributed by atoms with Gasteiger partial charge in [0.1, 0.15) is 12.6 Å². The number of carbonyl (C=O) groups is 2. The monoisotopic (exact) mass is 585 g/mol. The molecule has 1 atom stereocenters. The molecule has 0 aromatic heterocycles. The maximum absolute atomic E-state index is 14.3. The summed E-state index contributed by atoms with van der Waals surface area (Å²) in [6, 6.07) is 29.3. The Morgan fingerprint density at radius 3 is 2.12 bits per heavy atom. The number of hydrogen-bond donors (Lipinski definition) is 1. The molecule has 0 saturated carbocycles. The van der Waals surface area contributed by atoms with Gasteiger partial charge in [0.15, 0.2) is 0 Å². The van der Waals surface area contributed by atoms with Crippen molar-refractivity contribution in [1.82, 2.24) is 10.2 Å². The Labute approximate surface area is 249 Å². The van der Waals surface area contributed by atoms with Gasteiger partial charge in [-0.15, -0.1) is 0 Å². The smallest absolute Gasteiger partial charge is 0.244 e. The molecule has 8 heteroatoms. The lowest BCUT2D eigenvalue weighted by atomic mass is 10.0. The molecule has 4 aromatic carbocycles. The number of amides is 2. The summed E-state index contributed by atoms with van der Waals surface area (Å²) >= 11 is 0. The van der Waals surface area contributed by atoms with Gasteiger partial charge in [-0.05, 0) is 35.4 Å². The predicted molar refractivity (Wildman–Crippen MR) is 170 cm³/mol. The van der Waals surface area contributed by atoms with Crippen molar-refractivity contribution in [2.24, 2.45) is 5.92 Å². The molecule has 0 heterocycles. The van der Waals surface area contributed by atoms with Crippen LogP contribution in [-0.4, -0.2) is 50.5 Å². The van der Waals surface area contributed by atoms with Gasteiger partial charge in [0.2, 0.25) is 21.8 Å². The Balaban J connectivity index is 1.77. The van der Waals surface area contributed by atoms with Gasteiger partial charge in [-0.2, -0.15) is 0 Å². The Hall–Kier alpha value is -4.17. The van der Waals surface area contributed by atoms with Crippen molar-refractivity contribution in [1.29, 1.82) is 0 Å². The predicted octanol–water partition coefficient (Wildman–Crippen LogP) is 5.33. The number of hydrogen-bond acceptors (Lipinski definition) is 4. The van der Waals surface area contributed by atoms with Gasteiger partial charge in [-0.3, -0.25) is 13.9 Å². The van der Waals surface area contributed by atoms with Crippen LogP contribution in [0.1, 0.15) is 30.5 Å². The molecule has 0 radical (unpaired) electrons. The fraction of sp³-hybridized carbons (Fsp3) is 0.294. The van der Waals surface area contributed by atoms with Crippen molar-refractivity contribution in [3.63, 3.8) is 0 Å². The lowest BCUT2D eigenvalue weighted by Gasteiger charge is -2.34. The number of fused-ring (bicyclic) bond motifs is 1. The first kappa shape index (κ1) is 30.8. The first-order valence-electron chi connectivity index (χ1n) is 14.1. The maximum atomic E-state index is 14.3. The second-order valence-electron chi connectivity index (χ2n) is 11.1. The number of nitrogens with one attached hydrogen (secondary N) is 1. The van der Waals surface area contributed by atoms with Crippen molar-refractivity contribution in [2.45, 2.75) is 39.8 Å². The third-order valence-electron chi connectivity index (χ3n) is 7.14. The van der Waals surface area contributed by atoms with Crippen LogP contribution in [0.4, 0.5) is 5.69 Å². The Morgan fingerprint density at radius 2 is 1.45 bits per heavy atom. The number of nitrogens with zero attached hydrogens (tertiary/aromatic N) is 2. The van der Waals surface area contributed by atoms with Crippen molar-refractivity contribution in [3.8, 4) is 0 Å².